The molecule has 0 atom stereocenters. The van der Waals surface area contributed by atoms with E-state index in [0.717, 1.165) is 0 Å². The van der Waals surface area contributed by atoms with Gasteiger partial charge in [0.1, 0.15) is 17.5 Å². The molecule has 168 valence electrons. The molecule has 15 heteroatoms. The fraction of sp³-hybridized carbons (Fsp3) is 0. The van der Waals surface area contributed by atoms with Gasteiger partial charge in [-0.25, -0.2) is 39.5 Å². The van der Waals surface area contributed by atoms with E-state index in [4.69, 9.17) is 13.7 Å². The summed E-state index contributed by atoms with van der Waals surface area (Å²) in [5.74, 6) is -14.1. The number of halogens is 9. The number of benzene rings is 3. The monoisotopic (exact) mass is 474 g/mol. The normalized spacial score (nSPS) is 14.3. The van der Waals surface area contributed by atoms with Gasteiger partial charge in [-0.05, 0) is 18.2 Å². The van der Waals surface area contributed by atoms with Crippen LogP contribution in [0.4, 0.5) is 39.5 Å². The minimum absolute atomic E-state index is 0.177. The van der Waals surface area contributed by atoms with Gasteiger partial charge in [-0.3, -0.25) is 0 Å². The molecule has 0 aromatic heterocycles. The molecule has 0 aliphatic carbocycles. The van der Waals surface area contributed by atoms with E-state index in [0.29, 0.717) is 18.2 Å². The number of rotatable bonds is 3. The van der Waals surface area contributed by atoms with Crippen molar-refractivity contribution in [2.45, 2.75) is 0 Å². The number of hydrogen-bond acceptors (Lipinski definition) is 3. The van der Waals surface area contributed by atoms with E-state index in [1.165, 1.54) is 0 Å². The minimum Gasteiger partial charge on any atom is -0.444 e. The Morgan fingerprint density at radius 3 is 0.879 bits per heavy atom. The van der Waals surface area contributed by atoms with Gasteiger partial charge in [0.25, 0.3) is 0 Å². The summed E-state index contributed by atoms with van der Waals surface area (Å²) in [6.07, 6.45) is 0. The summed E-state index contributed by atoms with van der Waals surface area (Å²) in [6.45, 7) is 0. The molecule has 33 heavy (non-hydrogen) atoms. The fourth-order valence-electron chi connectivity index (χ4n) is 3.12. The van der Waals surface area contributed by atoms with Crippen molar-refractivity contribution in [3.8, 4) is 0 Å². The highest BCUT2D eigenvalue weighted by Crippen LogP contribution is 2.18. The smallest absolute Gasteiger partial charge is 0.444 e. The Balaban J connectivity index is 1.85. The quantitative estimate of drug-likeness (QED) is 0.332. The highest BCUT2D eigenvalue weighted by molar-refractivity contribution is 6.87. The summed E-state index contributed by atoms with van der Waals surface area (Å²) >= 11 is 0. The lowest BCUT2D eigenvalue weighted by Gasteiger charge is -2.32. The summed E-state index contributed by atoms with van der Waals surface area (Å²) in [4.78, 5) is 0. The first-order valence-electron chi connectivity index (χ1n) is 8.95. The Morgan fingerprint density at radius 2 is 0.636 bits per heavy atom. The molecule has 1 heterocycles. The molecular weight excluding hydrogens is 468 g/mol. The second-order valence-corrected chi connectivity index (χ2v) is 6.78. The minimum atomic E-state index is -2.20. The van der Waals surface area contributed by atoms with Gasteiger partial charge in [0.15, 0.2) is 34.9 Å². The molecule has 3 aromatic rings. The molecule has 0 amide bonds. The maximum Gasteiger partial charge on any atom is 0.470 e. The van der Waals surface area contributed by atoms with Gasteiger partial charge in [-0.2, -0.15) is 0 Å². The molecule has 0 radical (unpaired) electrons. The lowest BCUT2D eigenvalue weighted by Crippen LogP contribution is -2.63. The van der Waals surface area contributed by atoms with Crippen molar-refractivity contribution >= 4 is 37.7 Å². The van der Waals surface area contributed by atoms with Gasteiger partial charge >= 0.3 is 21.4 Å². The molecule has 3 nitrogen and oxygen atoms in total. The summed E-state index contributed by atoms with van der Waals surface area (Å²) in [7, 11) is -6.60. The first-order valence-corrected chi connectivity index (χ1v) is 8.95. The molecule has 0 N–H and O–H groups in total. The summed E-state index contributed by atoms with van der Waals surface area (Å²) < 4.78 is 140. The molecule has 1 aliphatic heterocycles. The summed E-state index contributed by atoms with van der Waals surface area (Å²) in [5, 5.41) is 0. The van der Waals surface area contributed by atoms with Crippen molar-refractivity contribution < 1.29 is 53.2 Å². The highest BCUT2D eigenvalue weighted by Gasteiger charge is 2.47. The van der Waals surface area contributed by atoms with Crippen molar-refractivity contribution in [3.63, 3.8) is 0 Å². The largest absolute Gasteiger partial charge is 0.470 e. The zero-order chi connectivity index (χ0) is 24.0. The van der Waals surface area contributed by atoms with E-state index in [1.54, 1.807) is 0 Å². The van der Waals surface area contributed by atoms with Crippen LogP contribution in [0.1, 0.15) is 0 Å². The van der Waals surface area contributed by atoms with E-state index < -0.39 is 90.1 Å². The van der Waals surface area contributed by atoms with Crippen LogP contribution in [0.15, 0.2) is 36.4 Å². The first-order chi connectivity index (χ1) is 15.5. The molecular formula is C18H6B3F9O3. The van der Waals surface area contributed by atoms with E-state index in [-0.39, 0.29) is 18.2 Å². The third-order valence-electron chi connectivity index (χ3n) is 4.57. The summed E-state index contributed by atoms with van der Waals surface area (Å²) in [6, 6.07) is 1.76. The average molecular weight is 474 g/mol. The van der Waals surface area contributed by atoms with Gasteiger partial charge in [0.2, 0.25) is 0 Å². The zero-order valence-corrected chi connectivity index (χ0v) is 15.8. The van der Waals surface area contributed by atoms with Crippen LogP contribution in [0.3, 0.4) is 0 Å². The predicted octanol–water partition coefficient (Wildman–Crippen LogP) is 2.49. The average Bonchev–Trinajstić information content (AvgIpc) is 2.75. The lowest BCUT2D eigenvalue weighted by atomic mass is 9.61. The van der Waals surface area contributed by atoms with E-state index in [2.05, 4.69) is 0 Å². The van der Waals surface area contributed by atoms with Crippen LogP contribution in [-0.2, 0) is 13.7 Å². The van der Waals surface area contributed by atoms with Crippen molar-refractivity contribution in [2.24, 2.45) is 0 Å². The Bertz CT molecular complexity index is 1090. The standard InChI is InChI=1S/C18H6B3F9O3/c22-7-1-10(16(28)13(25)4-7)19-31-20(11-2-8(23)5-14(26)17(11)29)33-21(32-19)12-3-9(24)6-15(27)18(12)30/h1-6H. The van der Waals surface area contributed by atoms with Crippen LogP contribution in [0.5, 0.6) is 0 Å². The van der Waals surface area contributed by atoms with Crippen LogP contribution in [0.2, 0.25) is 0 Å². The molecule has 1 saturated heterocycles. The third kappa shape index (κ3) is 4.48. The van der Waals surface area contributed by atoms with Gasteiger partial charge in [-0.1, -0.05) is 0 Å². The first kappa shape index (κ1) is 23.3. The molecule has 0 bridgehead atoms. The van der Waals surface area contributed by atoms with E-state index in [1.807, 2.05) is 0 Å². The molecule has 3 aromatic carbocycles. The maximum atomic E-state index is 14.3. The molecule has 1 fully saturated rings. The van der Waals surface area contributed by atoms with Gasteiger partial charge in [0, 0.05) is 34.6 Å². The van der Waals surface area contributed by atoms with Crippen molar-refractivity contribution in [2.75, 3.05) is 0 Å². The topological polar surface area (TPSA) is 27.7 Å². The second-order valence-electron chi connectivity index (χ2n) is 6.78. The molecule has 4 rings (SSSR count). The Kier molecular flexibility index (Phi) is 6.21. The lowest BCUT2D eigenvalue weighted by molar-refractivity contribution is 0.304. The second kappa shape index (κ2) is 8.80. The van der Waals surface area contributed by atoms with Crippen molar-refractivity contribution in [3.05, 3.63) is 88.8 Å². The Morgan fingerprint density at radius 1 is 0.394 bits per heavy atom. The van der Waals surface area contributed by atoms with Crippen LogP contribution in [0.25, 0.3) is 0 Å². The van der Waals surface area contributed by atoms with Gasteiger partial charge < -0.3 is 13.7 Å². The molecule has 0 unspecified atom stereocenters. The molecule has 0 spiro atoms. The Labute approximate surface area is 180 Å². The van der Waals surface area contributed by atoms with Crippen LogP contribution in [-0.4, -0.2) is 21.4 Å². The van der Waals surface area contributed by atoms with Gasteiger partial charge in [-0.15, -0.1) is 0 Å². The van der Waals surface area contributed by atoms with Crippen LogP contribution >= 0.6 is 0 Å². The Hall–Kier alpha value is -2.90. The van der Waals surface area contributed by atoms with Gasteiger partial charge in [0.05, 0.1) is 0 Å². The van der Waals surface area contributed by atoms with Crippen LogP contribution in [0, 0.1) is 52.4 Å². The fourth-order valence-corrected chi connectivity index (χ4v) is 3.12. The highest BCUT2D eigenvalue weighted by atomic mass is 19.2. The van der Waals surface area contributed by atoms with Crippen LogP contribution < -0.4 is 16.4 Å². The molecule has 1 aliphatic rings. The predicted molar refractivity (Wildman–Crippen MR) is 98.4 cm³/mol. The molecule has 0 saturated carbocycles. The van der Waals surface area contributed by atoms with Crippen molar-refractivity contribution in [1.82, 2.24) is 0 Å². The van der Waals surface area contributed by atoms with E-state index in [9.17, 15) is 39.5 Å². The number of hydrogen-bond donors (Lipinski definition) is 0. The summed E-state index contributed by atoms with van der Waals surface area (Å²) in [5.41, 5.74) is -2.92. The van der Waals surface area contributed by atoms with E-state index >= 15 is 0 Å². The maximum absolute atomic E-state index is 14.3. The SMILES string of the molecule is Fc1cc(F)c(F)c(B2OB(c3cc(F)cc(F)c3F)OB(c3cc(F)cc(F)c3F)O2)c1. The third-order valence-corrected chi connectivity index (χ3v) is 4.57. The van der Waals surface area contributed by atoms with Crippen molar-refractivity contribution in [1.29, 1.82) is 0 Å². The zero-order valence-electron chi connectivity index (χ0n) is 15.8.